The third-order valence-electron chi connectivity index (χ3n) is 3.19. The second-order valence-corrected chi connectivity index (χ2v) is 4.50. The fourth-order valence-corrected chi connectivity index (χ4v) is 1.81. The predicted molar refractivity (Wildman–Crippen MR) is 68.8 cm³/mol. The normalized spacial score (nSPS) is 18.5. The van der Waals surface area contributed by atoms with Crippen molar-refractivity contribution < 1.29 is 0 Å². The van der Waals surface area contributed by atoms with E-state index < -0.39 is 0 Å². The maximum Gasteiger partial charge on any atom is -0.0204 e. The van der Waals surface area contributed by atoms with E-state index in [9.17, 15) is 0 Å². The Hall–Kier alpha value is -1.04. The summed E-state index contributed by atoms with van der Waals surface area (Å²) in [5.41, 5.74) is 5.07. The van der Waals surface area contributed by atoms with E-state index >= 15 is 0 Å². The molecule has 0 saturated heterocycles. The molecule has 0 N–H and O–H groups in total. The number of rotatable bonds is 5. The van der Waals surface area contributed by atoms with Gasteiger partial charge in [0, 0.05) is 0 Å². The van der Waals surface area contributed by atoms with Crippen LogP contribution in [0.5, 0.6) is 0 Å². The molecule has 0 aromatic carbocycles. The molecule has 0 aliphatic heterocycles. The summed E-state index contributed by atoms with van der Waals surface area (Å²) in [6.45, 7) is 14.4. The Bertz CT molecular complexity index is 322. The van der Waals surface area contributed by atoms with Crippen molar-refractivity contribution in [3.63, 3.8) is 0 Å². The Balaban J connectivity index is 2.84. The van der Waals surface area contributed by atoms with Gasteiger partial charge in [0.05, 0.1) is 0 Å². The molecular formula is C15H22. The van der Waals surface area contributed by atoms with Gasteiger partial charge in [0.25, 0.3) is 0 Å². The molecule has 82 valence electrons. The molecule has 0 heterocycles. The lowest BCUT2D eigenvalue weighted by Gasteiger charge is -2.11. The van der Waals surface area contributed by atoms with Crippen LogP contribution in [0.1, 0.15) is 40.0 Å². The smallest absolute Gasteiger partial charge is 0.0204 e. The van der Waals surface area contributed by atoms with Crippen LogP contribution in [-0.2, 0) is 0 Å². The zero-order valence-corrected chi connectivity index (χ0v) is 10.3. The lowest BCUT2D eigenvalue weighted by atomic mass is 9.94. The molecule has 1 fully saturated rings. The Kier molecular flexibility index (Phi) is 4.14. The highest BCUT2D eigenvalue weighted by Gasteiger charge is 2.22. The van der Waals surface area contributed by atoms with Gasteiger partial charge in [-0.25, -0.2) is 0 Å². The first kappa shape index (κ1) is 12.0. The first-order chi connectivity index (χ1) is 7.10. The van der Waals surface area contributed by atoms with Gasteiger partial charge in [-0.15, -0.1) is 0 Å². The van der Waals surface area contributed by atoms with Crippen molar-refractivity contribution >= 4 is 0 Å². The van der Waals surface area contributed by atoms with Crippen LogP contribution in [0.3, 0.4) is 0 Å². The molecule has 0 aromatic heterocycles. The Morgan fingerprint density at radius 3 is 2.33 bits per heavy atom. The van der Waals surface area contributed by atoms with Crippen molar-refractivity contribution in [3.05, 3.63) is 47.6 Å². The fourth-order valence-electron chi connectivity index (χ4n) is 1.81. The Labute approximate surface area is 94.1 Å². The molecule has 0 spiro atoms. The van der Waals surface area contributed by atoms with Crippen molar-refractivity contribution in [1.82, 2.24) is 0 Å². The molecule has 0 aromatic rings. The van der Waals surface area contributed by atoms with Gasteiger partial charge in [-0.1, -0.05) is 30.9 Å². The first-order valence-electron chi connectivity index (χ1n) is 5.74. The van der Waals surface area contributed by atoms with Crippen molar-refractivity contribution in [1.29, 1.82) is 0 Å². The van der Waals surface area contributed by atoms with E-state index in [0.717, 1.165) is 11.5 Å². The monoisotopic (exact) mass is 202 g/mol. The van der Waals surface area contributed by atoms with E-state index in [1.54, 1.807) is 0 Å². The third-order valence-corrected chi connectivity index (χ3v) is 3.19. The summed E-state index contributed by atoms with van der Waals surface area (Å²) in [6.07, 6.45) is 8.08. The van der Waals surface area contributed by atoms with E-state index in [0.29, 0.717) is 0 Å². The second-order valence-electron chi connectivity index (χ2n) is 4.50. The molecule has 0 radical (unpaired) electrons. The van der Waals surface area contributed by atoms with Gasteiger partial charge in [-0.3, -0.25) is 0 Å². The maximum absolute atomic E-state index is 4.15. The third kappa shape index (κ3) is 3.23. The van der Waals surface area contributed by atoms with Crippen molar-refractivity contribution in [3.8, 4) is 0 Å². The molecule has 0 amide bonds. The molecule has 0 bridgehead atoms. The van der Waals surface area contributed by atoms with E-state index in [1.165, 1.54) is 36.0 Å². The van der Waals surface area contributed by atoms with Gasteiger partial charge >= 0.3 is 0 Å². The van der Waals surface area contributed by atoms with Gasteiger partial charge in [0.2, 0.25) is 0 Å². The molecule has 0 heteroatoms. The summed E-state index contributed by atoms with van der Waals surface area (Å²) in [5.74, 6) is 0.929. The highest BCUT2D eigenvalue weighted by molar-refractivity contribution is 5.50. The van der Waals surface area contributed by atoms with E-state index in [4.69, 9.17) is 0 Å². The minimum atomic E-state index is 0.929. The van der Waals surface area contributed by atoms with Crippen LogP contribution in [0.2, 0.25) is 0 Å². The zero-order valence-electron chi connectivity index (χ0n) is 10.3. The molecule has 1 aliphatic rings. The lowest BCUT2D eigenvalue weighted by molar-refractivity contribution is 0.815. The molecule has 1 rings (SSSR count). The van der Waals surface area contributed by atoms with Crippen LogP contribution in [-0.4, -0.2) is 0 Å². The molecule has 15 heavy (non-hydrogen) atoms. The van der Waals surface area contributed by atoms with E-state index in [-0.39, 0.29) is 0 Å². The van der Waals surface area contributed by atoms with Crippen molar-refractivity contribution in [2.45, 2.75) is 40.0 Å². The fraction of sp³-hybridized carbons (Fsp3) is 0.467. The van der Waals surface area contributed by atoms with Crippen molar-refractivity contribution in [2.75, 3.05) is 0 Å². The maximum atomic E-state index is 4.15. The van der Waals surface area contributed by atoms with Crippen LogP contribution in [0.15, 0.2) is 47.6 Å². The topological polar surface area (TPSA) is 0 Å². The van der Waals surface area contributed by atoms with Crippen molar-refractivity contribution in [2.24, 2.45) is 5.92 Å². The molecule has 0 nitrogen and oxygen atoms in total. The summed E-state index contributed by atoms with van der Waals surface area (Å²) in [4.78, 5) is 0. The second kappa shape index (κ2) is 5.16. The van der Waals surface area contributed by atoms with Crippen LogP contribution < -0.4 is 0 Å². The summed E-state index contributed by atoms with van der Waals surface area (Å²) in [7, 11) is 0. The zero-order chi connectivity index (χ0) is 11.4. The summed E-state index contributed by atoms with van der Waals surface area (Å²) in [6, 6.07) is 0. The van der Waals surface area contributed by atoms with Gasteiger partial charge in [0.15, 0.2) is 0 Å². The standard InChI is InChI=1S/C15H22/c1-6-11(3)13(5)15(7-2)12(4)10-14-8-9-14/h6-7,14H,2,5,8-10H2,1,3-4H3/b11-6-,15-12-. The van der Waals surface area contributed by atoms with Gasteiger partial charge in [-0.05, 0) is 62.7 Å². The van der Waals surface area contributed by atoms with E-state index in [1.807, 2.05) is 6.08 Å². The quantitative estimate of drug-likeness (QED) is 0.561. The van der Waals surface area contributed by atoms with E-state index in [2.05, 4.69) is 40.0 Å². The molecule has 0 atom stereocenters. The number of hydrogen-bond donors (Lipinski definition) is 0. The molecule has 1 saturated carbocycles. The largest absolute Gasteiger partial charge is 0.0985 e. The SMILES string of the molecule is C=C/C(C(=C)/C(C)=C\C)=C(\C)CC1CC1. The Morgan fingerprint density at radius 1 is 1.33 bits per heavy atom. The molecule has 0 unspecified atom stereocenters. The summed E-state index contributed by atoms with van der Waals surface area (Å²) in [5, 5.41) is 0. The summed E-state index contributed by atoms with van der Waals surface area (Å²) >= 11 is 0. The minimum Gasteiger partial charge on any atom is -0.0985 e. The highest BCUT2D eigenvalue weighted by atomic mass is 14.3. The predicted octanol–water partition coefficient (Wildman–Crippen LogP) is 4.81. The van der Waals surface area contributed by atoms with Crippen LogP contribution in [0.25, 0.3) is 0 Å². The summed E-state index contributed by atoms with van der Waals surface area (Å²) < 4.78 is 0. The molecular weight excluding hydrogens is 180 g/mol. The average molecular weight is 202 g/mol. The van der Waals surface area contributed by atoms with Crippen LogP contribution >= 0.6 is 0 Å². The highest BCUT2D eigenvalue weighted by Crippen LogP contribution is 2.37. The van der Waals surface area contributed by atoms with Crippen LogP contribution in [0.4, 0.5) is 0 Å². The minimum absolute atomic E-state index is 0.929. The van der Waals surface area contributed by atoms with Crippen LogP contribution in [0, 0.1) is 5.92 Å². The Morgan fingerprint density at radius 2 is 1.93 bits per heavy atom. The van der Waals surface area contributed by atoms with Gasteiger partial charge < -0.3 is 0 Å². The number of hydrogen-bond acceptors (Lipinski definition) is 0. The lowest BCUT2D eigenvalue weighted by Crippen LogP contribution is -1.93. The molecule has 1 aliphatic carbocycles. The van der Waals surface area contributed by atoms with Gasteiger partial charge in [-0.2, -0.15) is 0 Å². The number of allylic oxidation sites excluding steroid dienone is 6. The first-order valence-corrected chi connectivity index (χ1v) is 5.74. The average Bonchev–Trinajstić information content (AvgIpc) is 3.01. The van der Waals surface area contributed by atoms with Gasteiger partial charge in [0.1, 0.15) is 0 Å².